The van der Waals surface area contributed by atoms with E-state index in [1.807, 2.05) is 0 Å². The van der Waals surface area contributed by atoms with Gasteiger partial charge in [0, 0.05) is 46.2 Å². The van der Waals surface area contributed by atoms with Gasteiger partial charge in [-0.2, -0.15) is 0 Å². The number of halogens is 2. The fourth-order valence-corrected chi connectivity index (χ4v) is 5.17. The fraction of sp³-hybridized carbons (Fsp3) is 0.458. The summed E-state index contributed by atoms with van der Waals surface area (Å²) in [7, 11) is 4.55. The molecule has 0 radical (unpaired) electrons. The predicted octanol–water partition coefficient (Wildman–Crippen LogP) is 1.48. The fourth-order valence-electron chi connectivity index (χ4n) is 4.97. The Morgan fingerprint density at radius 2 is 1.94 bits per heavy atom. The van der Waals surface area contributed by atoms with Gasteiger partial charge >= 0.3 is 11.8 Å². The second-order valence-corrected chi connectivity index (χ2v) is 9.89. The molecule has 192 valence electrons. The summed E-state index contributed by atoms with van der Waals surface area (Å²) in [6.45, 7) is 0.262. The highest BCUT2D eigenvalue weighted by atomic mass is 35.5. The van der Waals surface area contributed by atoms with Crippen molar-refractivity contribution in [1.29, 1.82) is 0 Å². The third kappa shape index (κ3) is 4.67. The topological polar surface area (TPSA) is 125 Å². The molecule has 1 fully saturated rings. The van der Waals surface area contributed by atoms with Crippen molar-refractivity contribution in [1.82, 2.24) is 24.7 Å². The van der Waals surface area contributed by atoms with Crippen LogP contribution in [0.4, 0.5) is 4.39 Å². The zero-order valence-electron chi connectivity index (χ0n) is 20.1. The molecule has 3 aliphatic rings. The van der Waals surface area contributed by atoms with Gasteiger partial charge in [-0.15, -0.1) is 0 Å². The third-order valence-electron chi connectivity index (χ3n) is 6.93. The molecule has 1 saturated carbocycles. The molecule has 36 heavy (non-hydrogen) atoms. The van der Waals surface area contributed by atoms with Gasteiger partial charge in [0.2, 0.25) is 5.75 Å². The molecule has 0 spiro atoms. The van der Waals surface area contributed by atoms with Crippen LogP contribution in [0.1, 0.15) is 47.1 Å². The lowest BCUT2D eigenvalue weighted by Crippen LogP contribution is -2.49. The molecular formula is C24H27ClFN5O5. The van der Waals surface area contributed by atoms with Gasteiger partial charge < -0.3 is 20.2 Å². The normalized spacial score (nSPS) is 20.3. The molecule has 0 saturated heterocycles. The third-order valence-corrected chi connectivity index (χ3v) is 7.22. The Labute approximate surface area is 211 Å². The largest absolute Gasteiger partial charge is 0.501 e. The van der Waals surface area contributed by atoms with Gasteiger partial charge in [0.25, 0.3) is 11.5 Å². The van der Waals surface area contributed by atoms with Gasteiger partial charge in [-0.25, -0.2) is 9.37 Å². The van der Waals surface area contributed by atoms with E-state index >= 15 is 0 Å². The number of rotatable bonds is 4. The van der Waals surface area contributed by atoms with E-state index in [1.54, 1.807) is 7.05 Å². The molecule has 12 heteroatoms. The number of amides is 3. The van der Waals surface area contributed by atoms with Crippen molar-refractivity contribution in [3.8, 4) is 5.75 Å². The second-order valence-electron chi connectivity index (χ2n) is 9.48. The van der Waals surface area contributed by atoms with Crippen LogP contribution in [-0.4, -0.2) is 69.4 Å². The lowest BCUT2D eigenvalue weighted by atomic mass is 9.78. The van der Waals surface area contributed by atoms with Gasteiger partial charge in [-0.3, -0.25) is 23.7 Å². The average molecular weight is 520 g/mol. The molecule has 5 rings (SSSR count). The maximum Gasteiger partial charge on any atom is 0.312 e. The summed E-state index contributed by atoms with van der Waals surface area (Å²) in [4.78, 5) is 58.0. The number of nitrogens with one attached hydrogen (secondary N) is 1. The number of benzene rings is 1. The van der Waals surface area contributed by atoms with E-state index in [0.717, 1.165) is 6.42 Å². The van der Waals surface area contributed by atoms with Crippen LogP contribution in [-0.2, 0) is 22.7 Å². The SMILES string of the molecule is CN(C)C(=O)C(=O)N(C)C1CC2CCC1c1nc(C(=O)NCc3ccc(F)c(Cl)c3)c(O)c(=O)n1C2. The molecule has 2 bridgehead atoms. The first kappa shape index (κ1) is 25.6. The second kappa shape index (κ2) is 9.88. The Balaban J connectivity index is 1.65. The van der Waals surface area contributed by atoms with E-state index in [4.69, 9.17) is 11.6 Å². The number of nitrogens with zero attached hydrogens (tertiary/aromatic N) is 4. The maximum absolute atomic E-state index is 13.4. The van der Waals surface area contributed by atoms with Crippen LogP contribution < -0.4 is 10.9 Å². The molecule has 2 aliphatic heterocycles. The Morgan fingerprint density at radius 3 is 2.61 bits per heavy atom. The summed E-state index contributed by atoms with van der Waals surface area (Å²) in [6.07, 6.45) is 1.95. The van der Waals surface area contributed by atoms with Gasteiger partial charge in [0.15, 0.2) is 5.69 Å². The van der Waals surface area contributed by atoms with Crippen molar-refractivity contribution in [2.75, 3.05) is 21.1 Å². The van der Waals surface area contributed by atoms with Crippen LogP contribution in [0.25, 0.3) is 0 Å². The summed E-state index contributed by atoms with van der Waals surface area (Å²) in [5, 5.41) is 13.0. The Morgan fingerprint density at radius 1 is 1.22 bits per heavy atom. The van der Waals surface area contributed by atoms with Crippen LogP contribution >= 0.6 is 11.6 Å². The highest BCUT2D eigenvalue weighted by molar-refractivity contribution is 6.34. The van der Waals surface area contributed by atoms with Crippen LogP contribution in [0.5, 0.6) is 5.75 Å². The van der Waals surface area contributed by atoms with Crippen LogP contribution in [0.15, 0.2) is 23.0 Å². The molecule has 1 aromatic heterocycles. The first-order valence-corrected chi connectivity index (χ1v) is 11.9. The van der Waals surface area contributed by atoms with Gasteiger partial charge in [0.1, 0.15) is 11.6 Å². The zero-order valence-corrected chi connectivity index (χ0v) is 20.9. The van der Waals surface area contributed by atoms with Crippen molar-refractivity contribution >= 4 is 29.3 Å². The van der Waals surface area contributed by atoms with Crippen LogP contribution in [0.2, 0.25) is 5.02 Å². The summed E-state index contributed by atoms with van der Waals surface area (Å²) >= 11 is 5.79. The molecule has 1 aromatic carbocycles. The summed E-state index contributed by atoms with van der Waals surface area (Å²) in [6, 6.07) is 3.58. The van der Waals surface area contributed by atoms with Crippen molar-refractivity contribution in [2.45, 2.75) is 44.3 Å². The van der Waals surface area contributed by atoms with Crippen molar-refractivity contribution in [3.05, 3.63) is 56.5 Å². The van der Waals surface area contributed by atoms with E-state index in [9.17, 15) is 28.7 Å². The lowest BCUT2D eigenvalue weighted by Gasteiger charge is -2.38. The number of likely N-dealkylation sites (N-methyl/N-ethyl adjacent to an activating group) is 2. The van der Waals surface area contributed by atoms with Crippen LogP contribution in [0.3, 0.4) is 0 Å². The summed E-state index contributed by atoms with van der Waals surface area (Å²) in [5.74, 6) is -3.52. The zero-order chi connectivity index (χ0) is 26.3. The lowest BCUT2D eigenvalue weighted by molar-refractivity contribution is -0.151. The monoisotopic (exact) mass is 519 g/mol. The van der Waals surface area contributed by atoms with E-state index in [-0.39, 0.29) is 17.5 Å². The van der Waals surface area contributed by atoms with Gasteiger partial charge in [0.05, 0.1) is 5.02 Å². The van der Waals surface area contributed by atoms with E-state index in [0.29, 0.717) is 30.8 Å². The number of fused-ring (bicyclic) bond motifs is 2. The molecule has 2 aromatic rings. The molecular weight excluding hydrogens is 493 g/mol. The average Bonchev–Trinajstić information content (AvgIpc) is 3.13. The highest BCUT2D eigenvalue weighted by Gasteiger charge is 2.43. The van der Waals surface area contributed by atoms with E-state index in [2.05, 4.69) is 10.3 Å². The van der Waals surface area contributed by atoms with E-state index in [1.165, 1.54) is 46.7 Å². The number of carbonyl (C=O) groups excluding carboxylic acids is 3. The predicted molar refractivity (Wildman–Crippen MR) is 128 cm³/mol. The first-order valence-electron chi connectivity index (χ1n) is 11.5. The first-order chi connectivity index (χ1) is 17.0. The van der Waals surface area contributed by atoms with Crippen molar-refractivity contribution in [2.24, 2.45) is 5.92 Å². The number of aromatic hydroxyl groups is 1. The van der Waals surface area contributed by atoms with Gasteiger partial charge in [-0.1, -0.05) is 17.7 Å². The standard InChI is InChI=1S/C24H27ClFN5O5/c1-29(2)23(35)24(36)30(3)17-9-13-4-6-14(17)20-28-18(19(32)22(34)31(20)11-13)21(33)27-10-12-5-7-16(26)15(25)8-12/h5,7-8,13-14,17,32H,4,6,9-11H2,1-3H3,(H,27,33). The smallest absolute Gasteiger partial charge is 0.312 e. The molecule has 3 heterocycles. The number of hydrogen-bond acceptors (Lipinski definition) is 6. The number of carbonyl (C=O) groups is 3. The molecule has 3 unspecified atom stereocenters. The quantitative estimate of drug-likeness (QED) is 0.590. The van der Waals surface area contributed by atoms with Gasteiger partial charge in [-0.05, 0) is 42.9 Å². The Hall–Kier alpha value is -3.47. The van der Waals surface area contributed by atoms with E-state index < -0.39 is 52.5 Å². The minimum absolute atomic E-state index is 0.0314. The molecule has 10 nitrogen and oxygen atoms in total. The molecule has 2 N–H and O–H groups in total. The van der Waals surface area contributed by atoms with Crippen molar-refractivity contribution < 1.29 is 23.9 Å². The Bertz CT molecular complexity index is 1300. The number of hydrogen-bond donors (Lipinski definition) is 2. The maximum atomic E-state index is 13.4. The summed E-state index contributed by atoms with van der Waals surface area (Å²) < 4.78 is 14.8. The molecule has 1 aliphatic carbocycles. The number of aromatic nitrogens is 2. The minimum Gasteiger partial charge on any atom is -0.501 e. The minimum atomic E-state index is -0.781. The molecule has 3 amide bonds. The summed E-state index contributed by atoms with van der Waals surface area (Å²) in [5.41, 5.74) is -0.641. The Kier molecular flexibility index (Phi) is 7.03. The van der Waals surface area contributed by atoms with Crippen molar-refractivity contribution in [3.63, 3.8) is 0 Å². The highest BCUT2D eigenvalue weighted by Crippen LogP contribution is 2.42. The molecule has 3 atom stereocenters. The van der Waals surface area contributed by atoms with Crippen LogP contribution in [0, 0.1) is 11.7 Å².